The predicted octanol–water partition coefficient (Wildman–Crippen LogP) is 2.75. The van der Waals surface area contributed by atoms with E-state index >= 15 is 0 Å². The van der Waals surface area contributed by atoms with Crippen LogP contribution in [0.3, 0.4) is 0 Å². The van der Waals surface area contributed by atoms with Crippen LogP contribution in [0.5, 0.6) is 0 Å². The normalized spacial score (nSPS) is 12.0. The third kappa shape index (κ3) is 3.05. The Bertz CT molecular complexity index is 725. The molecular weight excluding hydrogens is 344 g/mol. The Labute approximate surface area is 126 Å². The fourth-order valence-corrected chi connectivity index (χ4v) is 3.21. The molecule has 0 saturated carbocycles. The summed E-state index contributed by atoms with van der Waals surface area (Å²) in [6, 6.07) is 8.16. The Kier molecular flexibility index (Phi) is 4.22. The molecule has 0 aliphatic heterocycles. The molecule has 2 rings (SSSR count). The van der Waals surface area contributed by atoms with Gasteiger partial charge in [0, 0.05) is 12.7 Å². The van der Waals surface area contributed by atoms with E-state index in [9.17, 15) is 8.42 Å². The van der Waals surface area contributed by atoms with Crippen LogP contribution in [0.2, 0.25) is 0 Å². The Hall–Kier alpha value is -1.31. The Morgan fingerprint density at radius 3 is 2.55 bits per heavy atom. The summed E-state index contributed by atoms with van der Waals surface area (Å²) >= 11 is 3.18. The molecular formula is C13H15BrN2O3S. The van der Waals surface area contributed by atoms with Crippen molar-refractivity contribution in [3.05, 3.63) is 46.3 Å². The number of sulfonamides is 1. The van der Waals surface area contributed by atoms with Crippen LogP contribution >= 0.6 is 15.9 Å². The van der Waals surface area contributed by atoms with E-state index in [1.54, 1.807) is 24.3 Å². The second-order valence-corrected chi connectivity index (χ2v) is 7.31. The van der Waals surface area contributed by atoms with Gasteiger partial charge in [-0.15, -0.1) is 0 Å². The number of nitrogens with zero attached hydrogens (tertiary/aromatic N) is 1. The molecule has 7 heteroatoms. The zero-order valence-electron chi connectivity index (χ0n) is 11.1. The van der Waals surface area contributed by atoms with E-state index in [4.69, 9.17) is 10.2 Å². The lowest BCUT2D eigenvalue weighted by molar-refractivity contribution is 0.398. The van der Waals surface area contributed by atoms with Crippen molar-refractivity contribution >= 4 is 31.6 Å². The van der Waals surface area contributed by atoms with Crippen molar-refractivity contribution in [2.24, 2.45) is 0 Å². The van der Waals surface area contributed by atoms with Crippen molar-refractivity contribution in [2.75, 3.05) is 12.8 Å². The second kappa shape index (κ2) is 5.59. The maximum atomic E-state index is 12.4. The minimum Gasteiger partial charge on any atom is -0.453 e. The van der Waals surface area contributed by atoms with Crippen LogP contribution in [0.25, 0.3) is 0 Å². The van der Waals surface area contributed by atoms with E-state index in [0.717, 1.165) is 5.56 Å². The monoisotopic (exact) mass is 358 g/mol. The van der Waals surface area contributed by atoms with Crippen molar-refractivity contribution in [3.8, 4) is 0 Å². The fourth-order valence-electron chi connectivity index (χ4n) is 1.70. The molecule has 2 N–H and O–H groups in total. The lowest BCUT2D eigenvalue weighted by Crippen LogP contribution is -2.26. The smallest absolute Gasteiger partial charge is 0.243 e. The maximum absolute atomic E-state index is 12.4. The average molecular weight is 359 g/mol. The van der Waals surface area contributed by atoms with E-state index < -0.39 is 10.0 Å². The average Bonchev–Trinajstić information content (AvgIpc) is 2.78. The summed E-state index contributed by atoms with van der Waals surface area (Å²) in [5.74, 6) is 0.558. The highest BCUT2D eigenvalue weighted by Crippen LogP contribution is 2.22. The van der Waals surface area contributed by atoms with Crippen LogP contribution in [0.1, 0.15) is 11.3 Å². The summed E-state index contributed by atoms with van der Waals surface area (Å²) in [4.78, 5) is 0.175. The first-order chi connectivity index (χ1) is 9.30. The largest absolute Gasteiger partial charge is 0.453 e. The van der Waals surface area contributed by atoms with E-state index in [0.29, 0.717) is 16.1 Å². The molecule has 0 amide bonds. The number of hydrogen-bond acceptors (Lipinski definition) is 4. The summed E-state index contributed by atoms with van der Waals surface area (Å²) in [6.07, 6.45) is 0. The number of aryl methyl sites for hydroxylation is 1. The van der Waals surface area contributed by atoms with E-state index in [2.05, 4.69) is 15.9 Å². The van der Waals surface area contributed by atoms with Crippen LogP contribution in [0.15, 0.2) is 44.3 Å². The summed E-state index contributed by atoms with van der Waals surface area (Å²) in [5.41, 5.74) is 7.07. The lowest BCUT2D eigenvalue weighted by atomic mass is 10.2. The van der Waals surface area contributed by atoms with Crippen molar-refractivity contribution in [1.82, 2.24) is 4.31 Å². The number of halogens is 1. The molecule has 2 aromatic rings. The van der Waals surface area contributed by atoms with Gasteiger partial charge in [-0.3, -0.25) is 0 Å². The maximum Gasteiger partial charge on any atom is 0.243 e. The van der Waals surface area contributed by atoms with Crippen molar-refractivity contribution in [1.29, 1.82) is 0 Å². The third-order valence-electron chi connectivity index (χ3n) is 2.97. The topological polar surface area (TPSA) is 76.5 Å². The van der Waals surface area contributed by atoms with Gasteiger partial charge in [0.05, 0.1) is 11.4 Å². The molecule has 1 aromatic heterocycles. The molecule has 0 saturated heterocycles. The Morgan fingerprint density at radius 2 is 2.00 bits per heavy atom. The zero-order chi connectivity index (χ0) is 14.9. The Morgan fingerprint density at radius 1 is 1.30 bits per heavy atom. The molecule has 1 aromatic carbocycles. The molecule has 1 heterocycles. The van der Waals surface area contributed by atoms with Gasteiger partial charge in [-0.1, -0.05) is 6.07 Å². The molecule has 0 atom stereocenters. The number of nitrogen functional groups attached to an aromatic ring is 1. The van der Waals surface area contributed by atoms with Crippen molar-refractivity contribution < 1.29 is 12.8 Å². The van der Waals surface area contributed by atoms with E-state index in [-0.39, 0.29) is 11.4 Å². The van der Waals surface area contributed by atoms with Gasteiger partial charge in [-0.2, -0.15) is 4.31 Å². The molecule has 5 nitrogen and oxygen atoms in total. The summed E-state index contributed by atoms with van der Waals surface area (Å²) in [6.45, 7) is 1.98. The first-order valence-corrected chi connectivity index (χ1v) is 8.10. The second-order valence-electron chi connectivity index (χ2n) is 4.49. The number of benzene rings is 1. The summed E-state index contributed by atoms with van der Waals surface area (Å²) in [5, 5.41) is 0. The van der Waals surface area contributed by atoms with Crippen LogP contribution in [0.4, 0.5) is 5.69 Å². The van der Waals surface area contributed by atoms with Crippen molar-refractivity contribution in [3.63, 3.8) is 0 Å². The standard InChI is InChI=1S/C13H15BrN2O3S/c1-9-3-5-11(7-12(9)15)20(17,18)16(2)8-10-4-6-13(14)19-10/h3-7H,8,15H2,1-2H3. The highest BCUT2D eigenvalue weighted by Gasteiger charge is 2.22. The molecule has 0 bridgehead atoms. The molecule has 0 aliphatic carbocycles. The van der Waals surface area contributed by atoms with Gasteiger partial charge in [0.2, 0.25) is 10.0 Å². The molecule has 0 radical (unpaired) electrons. The highest BCUT2D eigenvalue weighted by molar-refractivity contribution is 9.10. The minimum atomic E-state index is -3.59. The highest BCUT2D eigenvalue weighted by atomic mass is 79.9. The van der Waals surface area contributed by atoms with Gasteiger partial charge in [0.1, 0.15) is 5.76 Å². The molecule has 0 aliphatic rings. The van der Waals surface area contributed by atoms with E-state index in [1.807, 2.05) is 6.92 Å². The fraction of sp³-hybridized carbons (Fsp3) is 0.231. The van der Waals surface area contributed by atoms with Crippen molar-refractivity contribution in [2.45, 2.75) is 18.4 Å². The first kappa shape index (κ1) is 15.1. The zero-order valence-corrected chi connectivity index (χ0v) is 13.5. The third-order valence-corrected chi connectivity index (χ3v) is 5.19. The number of hydrogen-bond donors (Lipinski definition) is 1. The van der Waals surface area contributed by atoms with Crippen LogP contribution in [-0.4, -0.2) is 19.8 Å². The quantitative estimate of drug-likeness (QED) is 0.852. The SMILES string of the molecule is Cc1ccc(S(=O)(=O)N(C)Cc2ccc(Br)o2)cc1N. The molecule has 0 unspecified atom stereocenters. The molecule has 0 fully saturated rings. The summed E-state index contributed by atoms with van der Waals surface area (Å²) < 4.78 is 32.0. The van der Waals surface area contributed by atoms with Gasteiger partial charge in [-0.25, -0.2) is 8.42 Å². The molecule has 108 valence electrons. The van der Waals surface area contributed by atoms with Gasteiger partial charge in [-0.05, 0) is 52.7 Å². The molecule has 0 spiro atoms. The van der Waals surface area contributed by atoms with Gasteiger partial charge < -0.3 is 10.2 Å². The lowest BCUT2D eigenvalue weighted by Gasteiger charge is -2.16. The predicted molar refractivity (Wildman–Crippen MR) is 80.7 cm³/mol. The van der Waals surface area contributed by atoms with Crippen LogP contribution < -0.4 is 5.73 Å². The van der Waals surface area contributed by atoms with Gasteiger partial charge in [0.15, 0.2) is 4.67 Å². The van der Waals surface area contributed by atoms with Crippen LogP contribution in [-0.2, 0) is 16.6 Å². The first-order valence-electron chi connectivity index (χ1n) is 5.87. The minimum absolute atomic E-state index is 0.154. The van der Waals surface area contributed by atoms with Gasteiger partial charge >= 0.3 is 0 Å². The van der Waals surface area contributed by atoms with E-state index in [1.165, 1.54) is 17.4 Å². The summed E-state index contributed by atoms with van der Waals surface area (Å²) in [7, 11) is -2.09. The molecule has 20 heavy (non-hydrogen) atoms. The number of anilines is 1. The Balaban J connectivity index is 2.27. The number of furan rings is 1. The number of nitrogens with two attached hydrogens (primary N) is 1. The van der Waals surface area contributed by atoms with Gasteiger partial charge in [0.25, 0.3) is 0 Å². The van der Waals surface area contributed by atoms with Crippen LogP contribution in [0, 0.1) is 6.92 Å². The number of rotatable bonds is 4.